The molecule has 0 bridgehead atoms. The van der Waals surface area contributed by atoms with Gasteiger partial charge < -0.3 is 30.2 Å². The van der Waals surface area contributed by atoms with Crippen molar-refractivity contribution in [1.29, 1.82) is 0 Å². The van der Waals surface area contributed by atoms with E-state index < -0.39 is 12.4 Å². The fourth-order valence-corrected chi connectivity index (χ4v) is 17.6. The Kier molecular flexibility index (Phi) is 31.5. The number of benzene rings is 14. The molecule has 24 rings (SSSR count). The van der Waals surface area contributed by atoms with Gasteiger partial charge in [-0.1, -0.05) is 237 Å². The van der Waals surface area contributed by atoms with Gasteiger partial charge in [-0.15, -0.1) is 0 Å². The van der Waals surface area contributed by atoms with Gasteiger partial charge in [-0.05, 0) is 312 Å². The molecule has 722 valence electrons. The first kappa shape index (κ1) is 99.7. The Morgan fingerprint density at radius 3 is 0.919 bits per heavy atom. The molecule has 0 unspecified atom stereocenters. The molecule has 0 radical (unpaired) electrons. The van der Waals surface area contributed by atoms with Crippen LogP contribution < -0.4 is 26.3 Å². The Labute approximate surface area is 889 Å². The lowest BCUT2D eigenvalue weighted by Gasteiger charge is -2.32. The van der Waals surface area contributed by atoms with Gasteiger partial charge in [0.05, 0.1) is 67.1 Å². The maximum absolute atomic E-state index is 10.4. The number of nitrogens with two attached hydrogens (primary N) is 1. The average molecular weight is 2150 g/mol. The van der Waals surface area contributed by atoms with E-state index in [9.17, 15) is 4.79 Å². The SMILES string of the molecule is Brc1ccc(-c2nc3ccccc3n2-c2ccccc2)nc1.Brc1ccc(-c2nc3ccccc3n2-c2ccccc2)nc1.CC1(C)OB(c2ccc(-c3ccc(N(c4ccccc4)c4ccccc4)cc3)nc2)OC1(C)C.Nc1ccccc1Nc1ccccc1.O=C(Cl)c1ccc(Br)cn1.c1ccc(N(c2ccccc2)c2ccc(-c3ccc(-c4ccc(-c5nc6ccccc6n5-c5ccccc5)nc4)cn3)cc2)cc1. The molecule has 3 N–H and O–H groups in total. The second-order valence-electron chi connectivity index (χ2n) is 35.3. The minimum absolute atomic E-state index is 0.268. The summed E-state index contributed by atoms with van der Waals surface area (Å²) in [6.07, 6.45) is 10.8. The Hall–Kier alpha value is -17.0. The first-order valence-electron chi connectivity index (χ1n) is 47.9. The van der Waals surface area contributed by atoms with Gasteiger partial charge in [-0.2, -0.15) is 0 Å². The number of aromatic nitrogens is 12. The predicted octanol–water partition coefficient (Wildman–Crippen LogP) is 31.7. The molecule has 1 saturated heterocycles. The van der Waals surface area contributed by atoms with Gasteiger partial charge in [-0.3, -0.25) is 48.4 Å². The Balaban J connectivity index is 0.000000119. The molecule has 14 aromatic carbocycles. The maximum Gasteiger partial charge on any atom is 0.496 e. The Morgan fingerprint density at radius 2 is 0.595 bits per heavy atom. The summed E-state index contributed by atoms with van der Waals surface area (Å²) in [6.45, 7) is 8.24. The molecule has 148 heavy (non-hydrogen) atoms. The van der Waals surface area contributed by atoms with Crippen LogP contribution >= 0.6 is 59.4 Å². The third-order valence-corrected chi connectivity index (χ3v) is 26.5. The summed E-state index contributed by atoms with van der Waals surface area (Å²) in [6, 6.07) is 155. The molecule has 0 aliphatic carbocycles. The number of hydrogen-bond donors (Lipinski definition) is 2. The number of nitrogen functional groups attached to an aromatic ring is 1. The predicted molar refractivity (Wildman–Crippen MR) is 614 cm³/mol. The number of carbonyl (C=O) groups excluding carboxylic acids is 1. The van der Waals surface area contributed by atoms with Crippen LogP contribution in [-0.2, 0) is 9.31 Å². The van der Waals surface area contributed by atoms with Crippen molar-refractivity contribution in [3.63, 3.8) is 0 Å². The van der Waals surface area contributed by atoms with Gasteiger partial charge in [0.1, 0.15) is 22.8 Å². The highest BCUT2D eigenvalue weighted by atomic mass is 79.9. The molecule has 24 heteroatoms. The topological polar surface area (TPSA) is 211 Å². The summed E-state index contributed by atoms with van der Waals surface area (Å²) >= 11 is 15.2. The highest BCUT2D eigenvalue weighted by molar-refractivity contribution is 9.11. The smallest absolute Gasteiger partial charge is 0.399 e. The van der Waals surface area contributed by atoms with Gasteiger partial charge in [0, 0.05) is 135 Å². The first-order valence-corrected chi connectivity index (χ1v) is 50.7. The highest BCUT2D eigenvalue weighted by Crippen LogP contribution is 2.42. The average Bonchev–Trinajstić information content (AvgIpc) is 1.63. The normalized spacial score (nSPS) is 12.0. The van der Waals surface area contributed by atoms with Crippen molar-refractivity contribution < 1.29 is 14.1 Å². The summed E-state index contributed by atoms with van der Waals surface area (Å²) in [5.74, 6) is 2.51. The minimum atomic E-state index is -0.535. The van der Waals surface area contributed by atoms with Gasteiger partial charge in [0.25, 0.3) is 5.24 Å². The van der Waals surface area contributed by atoms with E-state index >= 15 is 0 Å². The van der Waals surface area contributed by atoms with Crippen LogP contribution in [0.25, 0.3) is 118 Å². The number of nitrogens with zero attached hydrogens (tertiary/aromatic N) is 14. The summed E-state index contributed by atoms with van der Waals surface area (Å²) in [4.78, 5) is 56.6. The van der Waals surface area contributed by atoms with E-state index in [1.165, 1.54) is 6.20 Å². The number of carbonyl (C=O) groups is 1. The van der Waals surface area contributed by atoms with E-state index in [-0.39, 0.29) is 16.9 Å². The molecule has 19 nitrogen and oxygen atoms in total. The Bertz CT molecular complexity index is 8070. The number of pyridine rings is 6. The zero-order valence-corrected chi connectivity index (χ0v) is 86.5. The molecule has 1 aliphatic heterocycles. The van der Waals surface area contributed by atoms with E-state index in [0.29, 0.717) is 0 Å². The number of rotatable bonds is 19. The van der Waals surface area contributed by atoms with Crippen molar-refractivity contribution in [2.24, 2.45) is 0 Å². The van der Waals surface area contributed by atoms with Crippen molar-refractivity contribution >= 4 is 162 Å². The van der Waals surface area contributed by atoms with E-state index in [1.54, 1.807) is 24.5 Å². The first-order chi connectivity index (χ1) is 72.4. The number of para-hydroxylation sites is 16. The minimum Gasteiger partial charge on any atom is -0.399 e. The fraction of sp³-hybridized carbons (Fsp3) is 0.0484. The van der Waals surface area contributed by atoms with Crippen LogP contribution in [0.15, 0.2) is 512 Å². The van der Waals surface area contributed by atoms with Crippen LogP contribution in [0.1, 0.15) is 38.2 Å². The molecule has 9 aromatic heterocycles. The summed E-state index contributed by atoms with van der Waals surface area (Å²) in [5.41, 5.74) is 33.4. The van der Waals surface area contributed by atoms with Crippen LogP contribution in [0.2, 0.25) is 0 Å². The highest BCUT2D eigenvalue weighted by Gasteiger charge is 2.52. The number of anilines is 9. The van der Waals surface area contributed by atoms with Crippen LogP contribution in [0.4, 0.5) is 51.2 Å². The third kappa shape index (κ3) is 23.8. The number of fused-ring (bicyclic) bond motifs is 3. The van der Waals surface area contributed by atoms with E-state index in [2.05, 4.69) is 338 Å². The second kappa shape index (κ2) is 46.8. The van der Waals surface area contributed by atoms with Crippen LogP contribution in [0, 0.1) is 0 Å². The van der Waals surface area contributed by atoms with E-state index in [0.717, 1.165) is 188 Å². The summed E-state index contributed by atoms with van der Waals surface area (Å²) in [5, 5.41) is 2.71. The molecule has 0 saturated carbocycles. The lowest BCUT2D eigenvalue weighted by molar-refractivity contribution is 0.00578. The van der Waals surface area contributed by atoms with Gasteiger partial charge in [0.2, 0.25) is 0 Å². The monoisotopic (exact) mass is 2140 g/mol. The lowest BCUT2D eigenvalue weighted by Crippen LogP contribution is -2.41. The molecule has 0 atom stereocenters. The maximum atomic E-state index is 10.4. The van der Waals surface area contributed by atoms with Crippen LogP contribution in [0.5, 0.6) is 0 Å². The standard InChI is InChI=1S/C41H29N5.C29H29BN2O2.2C18H12BrN3.C12H12N2.C6H3BrClNO/c1-4-12-33(13-5-1)45(34-14-6-2-7-15-34)36-24-20-30(21-25-36)37-26-22-31(28-42-37)32-23-27-39(43-29-32)41-44-38-18-10-11-19-40(38)46(41)35-16-8-3-9-17-35;1-28(2)29(3,4)34-30(33-28)23-17-20-27(31-21-23)22-15-18-26(19-16-22)32(24-11-7-5-8-12-24)25-13-9-6-10-14-25;2*19-13-10-11-16(20-12-13)18-21-15-8-4-5-9-17(15)22(18)14-6-2-1-3-7-14;13-11-8-4-5-9-12(11)14-10-6-2-1-3-7-10;7-4-1-2-5(6(8)10)9-3-4/h1-29H;5-21H,1-4H3;2*1-12H;1-9,14H,13H2;1-3H. The molecule has 10 heterocycles. The Morgan fingerprint density at radius 1 is 0.304 bits per heavy atom. The van der Waals surface area contributed by atoms with Crippen molar-refractivity contribution in [1.82, 2.24) is 58.6 Å². The molecule has 1 fully saturated rings. The van der Waals surface area contributed by atoms with Gasteiger partial charge >= 0.3 is 7.12 Å². The summed E-state index contributed by atoms with van der Waals surface area (Å²) < 4.78 is 21.5. The zero-order chi connectivity index (χ0) is 102. The molecule has 1 aliphatic rings. The van der Waals surface area contributed by atoms with Gasteiger partial charge in [0.15, 0.2) is 17.5 Å². The summed E-state index contributed by atoms with van der Waals surface area (Å²) in [7, 11) is -0.403. The number of imidazole rings is 3. The van der Waals surface area contributed by atoms with Crippen molar-refractivity contribution in [2.45, 2.75) is 38.9 Å². The number of nitrogens with one attached hydrogen (secondary N) is 1. The van der Waals surface area contributed by atoms with Crippen molar-refractivity contribution in [2.75, 3.05) is 20.9 Å². The fourth-order valence-electron chi connectivity index (χ4n) is 16.8. The quantitative estimate of drug-likeness (QED) is 0.0438. The van der Waals surface area contributed by atoms with E-state index in [1.807, 2.05) is 249 Å². The van der Waals surface area contributed by atoms with Crippen LogP contribution in [0.3, 0.4) is 0 Å². The number of halogens is 4. The van der Waals surface area contributed by atoms with Crippen molar-refractivity contribution in [3.05, 3.63) is 517 Å². The van der Waals surface area contributed by atoms with Crippen molar-refractivity contribution in [3.8, 4) is 85.3 Å². The molecule has 0 spiro atoms. The molecule has 23 aromatic rings. The largest absolute Gasteiger partial charge is 0.496 e. The van der Waals surface area contributed by atoms with Crippen LogP contribution in [-0.4, -0.2) is 82.1 Å². The molecular formula is C124H97BBr3ClN16O3. The molecular weight excluding hydrogens is 2050 g/mol. The third-order valence-electron chi connectivity index (χ3n) is 24.9. The lowest BCUT2D eigenvalue weighted by atomic mass is 9.80. The molecule has 0 amide bonds. The second-order valence-corrected chi connectivity index (χ2v) is 38.3. The zero-order valence-electron chi connectivity index (χ0n) is 81.0. The van der Waals surface area contributed by atoms with E-state index in [4.69, 9.17) is 56.5 Å². The number of hydrogen-bond acceptors (Lipinski definition) is 16. The van der Waals surface area contributed by atoms with Gasteiger partial charge in [-0.25, -0.2) is 15.0 Å².